The Bertz CT molecular complexity index is 137. The second kappa shape index (κ2) is 1.51. The molecule has 4 heteroatoms. The lowest BCUT2D eigenvalue weighted by molar-refractivity contribution is -0.113. The van der Waals surface area contributed by atoms with Crippen molar-refractivity contribution in [3.63, 3.8) is 0 Å². The largest absolute Gasteiger partial charge is 0.301 e. The van der Waals surface area contributed by atoms with Gasteiger partial charge in [-0.3, -0.25) is 4.79 Å². The number of rotatable bonds is 0. The molecule has 0 fully saturated rings. The van der Waals surface area contributed by atoms with Crippen molar-refractivity contribution in [2.75, 3.05) is 0 Å². The molecule has 7 heavy (non-hydrogen) atoms. The first-order valence-corrected chi connectivity index (χ1v) is 1.62. The Balaban J connectivity index is 2.66. The molecule has 1 aliphatic heterocycles. The molecule has 0 aliphatic carbocycles. The molecule has 0 unspecified atom stereocenters. The first kappa shape index (κ1) is 3.98. The van der Waals surface area contributed by atoms with Gasteiger partial charge in [-0.25, -0.2) is 0 Å². The molecular formula is C3HN3O. The fourth-order valence-corrected chi connectivity index (χ4v) is 0.205. The number of carbonyl (C=O) groups is 1. The normalized spacial score (nSPS) is 16.9. The number of hydrogen-bond acceptors (Lipinski definition) is 3. The molecule has 1 aliphatic rings. The molecule has 34 valence electrons. The topological polar surface area (TPSA) is 55.9 Å². The zero-order valence-electron chi connectivity index (χ0n) is 3.33. The number of amides is 1. The van der Waals surface area contributed by atoms with Crippen molar-refractivity contribution in [2.24, 2.45) is 10.2 Å². The molecule has 1 rings (SSSR count). The Morgan fingerprint density at radius 1 is 1.71 bits per heavy atom. The zero-order chi connectivity index (χ0) is 5.11. The van der Waals surface area contributed by atoms with Gasteiger partial charge in [-0.15, -0.1) is 10.2 Å². The molecule has 0 aromatic rings. The second-order valence-electron chi connectivity index (χ2n) is 0.877. The first-order valence-electron chi connectivity index (χ1n) is 1.62. The molecule has 2 radical (unpaired) electrons. The van der Waals surface area contributed by atoms with E-state index in [-0.39, 0.29) is 0 Å². The van der Waals surface area contributed by atoms with Gasteiger partial charge in [-0.05, 0) is 0 Å². The van der Waals surface area contributed by atoms with Crippen molar-refractivity contribution in [1.29, 1.82) is 0 Å². The molecule has 0 saturated carbocycles. The van der Waals surface area contributed by atoms with Crippen LogP contribution in [-0.2, 0) is 4.79 Å². The zero-order valence-corrected chi connectivity index (χ0v) is 3.33. The summed E-state index contributed by atoms with van der Waals surface area (Å²) in [4.78, 5) is 10.0. The highest BCUT2D eigenvalue weighted by Gasteiger charge is 1.97. The number of nitrogens with zero attached hydrogens (tertiary/aromatic N) is 3. The highest BCUT2D eigenvalue weighted by atomic mass is 16.1. The van der Waals surface area contributed by atoms with Crippen molar-refractivity contribution in [3.05, 3.63) is 0 Å². The van der Waals surface area contributed by atoms with Crippen LogP contribution >= 0.6 is 0 Å². The van der Waals surface area contributed by atoms with Crippen LogP contribution in [-0.4, -0.2) is 18.5 Å². The average molecular weight is 95.1 g/mol. The fraction of sp³-hybridized carbons (Fsp3) is 0. The van der Waals surface area contributed by atoms with E-state index in [1.165, 1.54) is 0 Å². The van der Waals surface area contributed by atoms with Gasteiger partial charge in [0, 0.05) is 0 Å². The van der Waals surface area contributed by atoms with Crippen LogP contribution < -0.4 is 5.32 Å². The summed E-state index contributed by atoms with van der Waals surface area (Å²) in [7, 11) is 0. The van der Waals surface area contributed by atoms with E-state index in [4.69, 9.17) is 0 Å². The highest BCUT2D eigenvalue weighted by molar-refractivity contribution is 6.29. The van der Waals surface area contributed by atoms with Gasteiger partial charge >= 0.3 is 5.91 Å². The standard InChI is InChI=1S/C3HN3O/c7-3-1-5-6-2-4-3/h2H. The minimum Gasteiger partial charge on any atom is -0.265 e. The molecule has 0 aromatic carbocycles. The summed E-state index contributed by atoms with van der Waals surface area (Å²) in [5.41, 5.74) is 0. The van der Waals surface area contributed by atoms with Crippen LogP contribution in [0.3, 0.4) is 0 Å². The van der Waals surface area contributed by atoms with Crippen molar-refractivity contribution >= 4 is 18.5 Å². The van der Waals surface area contributed by atoms with Gasteiger partial charge in [-0.2, -0.15) is 5.32 Å². The van der Waals surface area contributed by atoms with Crippen LogP contribution in [0, 0.1) is 0 Å². The van der Waals surface area contributed by atoms with Gasteiger partial charge in [0.2, 0.25) is 0 Å². The van der Waals surface area contributed by atoms with E-state index in [1.807, 2.05) is 6.21 Å². The van der Waals surface area contributed by atoms with Crippen LogP contribution in [0.5, 0.6) is 0 Å². The smallest absolute Gasteiger partial charge is 0.265 e. The Kier molecular flexibility index (Phi) is 0.856. The van der Waals surface area contributed by atoms with Gasteiger partial charge in [0.25, 0.3) is 0 Å². The Labute approximate surface area is 39.9 Å². The summed E-state index contributed by atoms with van der Waals surface area (Å²) in [5.74, 6) is -0.477. The maximum Gasteiger partial charge on any atom is 0.301 e. The van der Waals surface area contributed by atoms with E-state index in [0.717, 1.165) is 6.34 Å². The monoisotopic (exact) mass is 95.0 g/mol. The Morgan fingerprint density at radius 2 is 2.57 bits per heavy atom. The van der Waals surface area contributed by atoms with Crippen LogP contribution in [0.2, 0.25) is 0 Å². The third kappa shape index (κ3) is 0.819. The molecule has 4 nitrogen and oxygen atoms in total. The molecule has 1 amide bonds. The third-order valence-corrected chi connectivity index (χ3v) is 0.430. The minimum atomic E-state index is -0.477. The molecule has 0 bridgehead atoms. The number of carbonyl (C=O) groups excluding carboxylic acids is 1. The van der Waals surface area contributed by atoms with Crippen LogP contribution in [0.4, 0.5) is 0 Å². The van der Waals surface area contributed by atoms with Crippen LogP contribution in [0.1, 0.15) is 0 Å². The van der Waals surface area contributed by atoms with E-state index in [1.54, 1.807) is 0 Å². The summed E-state index contributed by atoms with van der Waals surface area (Å²) in [6.07, 6.45) is 3.09. The van der Waals surface area contributed by atoms with Gasteiger partial charge in [0.05, 0.1) is 0 Å². The van der Waals surface area contributed by atoms with Crippen LogP contribution in [0.15, 0.2) is 10.2 Å². The van der Waals surface area contributed by atoms with Crippen molar-refractivity contribution < 1.29 is 4.79 Å². The molecular weight excluding hydrogens is 94.1 g/mol. The molecule has 0 N–H and O–H groups in total. The van der Waals surface area contributed by atoms with E-state index < -0.39 is 5.91 Å². The average Bonchev–Trinajstić information content (AvgIpc) is 1.69. The molecule has 0 atom stereocenters. The van der Waals surface area contributed by atoms with E-state index in [0.29, 0.717) is 0 Å². The molecule has 0 spiro atoms. The lowest BCUT2D eigenvalue weighted by atomic mass is 10.7. The summed E-state index contributed by atoms with van der Waals surface area (Å²) < 4.78 is 0. The predicted molar refractivity (Wildman–Crippen MR) is 23.1 cm³/mol. The molecule has 0 aromatic heterocycles. The van der Waals surface area contributed by atoms with Gasteiger partial charge in [-0.1, -0.05) is 0 Å². The van der Waals surface area contributed by atoms with E-state index >= 15 is 0 Å². The maximum atomic E-state index is 10.0. The van der Waals surface area contributed by atoms with Crippen molar-refractivity contribution in [2.45, 2.75) is 0 Å². The maximum absolute atomic E-state index is 10.0. The van der Waals surface area contributed by atoms with Crippen molar-refractivity contribution in [3.8, 4) is 0 Å². The summed E-state index contributed by atoms with van der Waals surface area (Å²) in [5, 5.41) is 9.56. The summed E-state index contributed by atoms with van der Waals surface area (Å²) in [6.45, 7) is 0. The van der Waals surface area contributed by atoms with E-state index in [2.05, 4.69) is 15.5 Å². The molecule has 0 saturated heterocycles. The quantitative estimate of drug-likeness (QED) is 0.381. The fourth-order valence-electron chi connectivity index (χ4n) is 0.205. The summed E-state index contributed by atoms with van der Waals surface area (Å²) >= 11 is 0. The minimum absolute atomic E-state index is 0.477. The highest BCUT2D eigenvalue weighted by Crippen LogP contribution is 1.72. The molecule has 1 heterocycles. The third-order valence-electron chi connectivity index (χ3n) is 0.430. The summed E-state index contributed by atoms with van der Waals surface area (Å²) in [6, 6.07) is 0. The van der Waals surface area contributed by atoms with Gasteiger partial charge in [0.1, 0.15) is 6.34 Å². The van der Waals surface area contributed by atoms with Gasteiger partial charge in [0.15, 0.2) is 6.21 Å². The number of hydrogen-bond donors (Lipinski definition) is 0. The van der Waals surface area contributed by atoms with Crippen molar-refractivity contribution in [1.82, 2.24) is 5.32 Å². The van der Waals surface area contributed by atoms with Crippen LogP contribution in [0.25, 0.3) is 0 Å². The first-order chi connectivity index (χ1) is 3.39. The van der Waals surface area contributed by atoms with Gasteiger partial charge < -0.3 is 0 Å². The SMILES string of the molecule is O=C1[C]=NN=C[N]1. The predicted octanol–water partition coefficient (Wildman–Crippen LogP) is -0.978. The lowest BCUT2D eigenvalue weighted by Crippen LogP contribution is -2.16. The van der Waals surface area contributed by atoms with E-state index in [9.17, 15) is 4.79 Å². The lowest BCUT2D eigenvalue weighted by Gasteiger charge is -1.86. The Morgan fingerprint density at radius 3 is 2.86 bits per heavy atom. The Hall–Kier alpha value is -1.19. The second-order valence-corrected chi connectivity index (χ2v) is 0.877.